The Morgan fingerprint density at radius 2 is 0.812 bits per heavy atom. The van der Waals surface area contributed by atoms with Crippen LogP contribution in [0.3, 0.4) is 0 Å². The van der Waals surface area contributed by atoms with Gasteiger partial charge in [0.25, 0.3) is 0 Å². The lowest BCUT2D eigenvalue weighted by Gasteiger charge is -2.28. The zero-order valence-electron chi connectivity index (χ0n) is 26.1. The van der Waals surface area contributed by atoms with Gasteiger partial charge in [0.1, 0.15) is 0 Å². The highest BCUT2D eigenvalue weighted by Crippen LogP contribution is 2.44. The Morgan fingerprint density at radius 3 is 1.50 bits per heavy atom. The SMILES string of the molecule is Brc1ccc2ccc3c(-c4ccc(N(c5ccc(-c6ccccc6)cc5)c5ccccc5-c5ccccc5)cc4)ccc4ccc1c2c43. The van der Waals surface area contributed by atoms with Gasteiger partial charge in [0.2, 0.25) is 0 Å². The molecule has 0 amide bonds. The molecule has 9 aromatic rings. The largest absolute Gasteiger partial charge is 0.310 e. The molecule has 0 aromatic heterocycles. The number of halogens is 1. The Morgan fingerprint density at radius 1 is 0.333 bits per heavy atom. The second-order valence-corrected chi connectivity index (χ2v) is 13.1. The summed E-state index contributed by atoms with van der Waals surface area (Å²) < 4.78 is 1.13. The molecule has 0 aliphatic heterocycles. The lowest BCUT2D eigenvalue weighted by molar-refractivity contribution is 1.28. The maximum Gasteiger partial charge on any atom is 0.0540 e. The third kappa shape index (κ3) is 4.85. The minimum atomic E-state index is 1.11. The summed E-state index contributed by atoms with van der Waals surface area (Å²) in [4.78, 5) is 2.38. The van der Waals surface area contributed by atoms with Crippen LogP contribution in [0.4, 0.5) is 17.1 Å². The molecule has 226 valence electrons. The number of rotatable bonds is 6. The molecule has 0 unspecified atom stereocenters. The normalized spacial score (nSPS) is 11.4. The number of hydrogen-bond acceptors (Lipinski definition) is 1. The quantitative estimate of drug-likeness (QED) is 0.159. The van der Waals surface area contributed by atoms with Gasteiger partial charge in [0.05, 0.1) is 5.69 Å². The van der Waals surface area contributed by atoms with E-state index in [-0.39, 0.29) is 0 Å². The zero-order valence-corrected chi connectivity index (χ0v) is 27.7. The lowest BCUT2D eigenvalue weighted by Crippen LogP contribution is -2.11. The van der Waals surface area contributed by atoms with E-state index in [1.165, 1.54) is 65.7 Å². The van der Waals surface area contributed by atoms with Crippen LogP contribution in [0.15, 0.2) is 186 Å². The molecule has 0 aliphatic rings. The van der Waals surface area contributed by atoms with Gasteiger partial charge < -0.3 is 4.90 Å². The topological polar surface area (TPSA) is 3.24 Å². The molecule has 0 fully saturated rings. The first-order valence-electron chi connectivity index (χ1n) is 16.3. The molecule has 0 saturated carbocycles. The van der Waals surface area contributed by atoms with Crippen molar-refractivity contribution in [3.8, 4) is 33.4 Å². The van der Waals surface area contributed by atoms with Crippen molar-refractivity contribution in [1.29, 1.82) is 0 Å². The molecular formula is C46H30BrN. The van der Waals surface area contributed by atoms with Crippen molar-refractivity contribution in [2.45, 2.75) is 0 Å². The van der Waals surface area contributed by atoms with Crippen LogP contribution in [0.1, 0.15) is 0 Å². The lowest BCUT2D eigenvalue weighted by atomic mass is 9.90. The van der Waals surface area contributed by atoms with Crippen molar-refractivity contribution in [3.05, 3.63) is 186 Å². The first-order valence-corrected chi connectivity index (χ1v) is 17.1. The van der Waals surface area contributed by atoms with Gasteiger partial charge in [-0.2, -0.15) is 0 Å². The van der Waals surface area contributed by atoms with E-state index >= 15 is 0 Å². The molecule has 2 heteroatoms. The monoisotopic (exact) mass is 675 g/mol. The Hall–Kier alpha value is -5.70. The van der Waals surface area contributed by atoms with E-state index in [0.717, 1.165) is 21.5 Å². The Kier molecular flexibility index (Phi) is 7.03. The highest BCUT2D eigenvalue weighted by molar-refractivity contribution is 9.10. The van der Waals surface area contributed by atoms with Crippen molar-refractivity contribution >= 4 is 65.3 Å². The van der Waals surface area contributed by atoms with Crippen LogP contribution < -0.4 is 4.90 Å². The highest BCUT2D eigenvalue weighted by atomic mass is 79.9. The second-order valence-electron chi connectivity index (χ2n) is 12.3. The average Bonchev–Trinajstić information content (AvgIpc) is 3.16. The number of nitrogens with zero attached hydrogens (tertiary/aromatic N) is 1. The number of anilines is 3. The summed E-state index contributed by atoms with van der Waals surface area (Å²) in [6, 6.07) is 65.8. The van der Waals surface area contributed by atoms with Crippen LogP contribution in [0.5, 0.6) is 0 Å². The van der Waals surface area contributed by atoms with Gasteiger partial charge in [0, 0.05) is 21.4 Å². The van der Waals surface area contributed by atoms with Crippen molar-refractivity contribution in [2.24, 2.45) is 0 Å². The molecule has 48 heavy (non-hydrogen) atoms. The van der Waals surface area contributed by atoms with Crippen LogP contribution in [-0.2, 0) is 0 Å². The highest BCUT2D eigenvalue weighted by Gasteiger charge is 2.18. The van der Waals surface area contributed by atoms with Crippen LogP contribution in [0.25, 0.3) is 65.7 Å². The minimum absolute atomic E-state index is 1.11. The summed E-state index contributed by atoms with van der Waals surface area (Å²) >= 11 is 3.80. The van der Waals surface area contributed by atoms with Gasteiger partial charge in [-0.05, 0) is 96.5 Å². The number of para-hydroxylation sites is 1. The van der Waals surface area contributed by atoms with E-state index in [1.807, 2.05) is 0 Å². The molecule has 0 atom stereocenters. The van der Waals surface area contributed by atoms with E-state index < -0.39 is 0 Å². The fourth-order valence-corrected chi connectivity index (χ4v) is 7.66. The van der Waals surface area contributed by atoms with E-state index in [1.54, 1.807) is 0 Å². The van der Waals surface area contributed by atoms with E-state index in [2.05, 4.69) is 203 Å². The fourth-order valence-electron chi connectivity index (χ4n) is 7.20. The van der Waals surface area contributed by atoms with Crippen molar-refractivity contribution in [1.82, 2.24) is 0 Å². The minimum Gasteiger partial charge on any atom is -0.310 e. The van der Waals surface area contributed by atoms with Gasteiger partial charge in [0.15, 0.2) is 0 Å². The Bertz CT molecular complexity index is 2540. The standard InChI is InChI=1S/C46H30BrN/c47-43-30-22-36-20-28-41-39(27-19-35-21-29-42(43)46(36)45(35)41)34-17-25-38(26-18-34)48(37-23-15-32(16-24-37)31-9-3-1-4-10-31)44-14-8-7-13-40(44)33-11-5-2-6-12-33/h1-30H. The third-order valence-electron chi connectivity index (χ3n) is 9.51. The summed E-state index contributed by atoms with van der Waals surface area (Å²) in [6.45, 7) is 0. The molecule has 1 nitrogen and oxygen atoms in total. The maximum atomic E-state index is 3.80. The summed E-state index contributed by atoms with van der Waals surface area (Å²) in [5.74, 6) is 0. The molecule has 0 heterocycles. The van der Waals surface area contributed by atoms with E-state index in [4.69, 9.17) is 0 Å². The van der Waals surface area contributed by atoms with Gasteiger partial charge in [-0.25, -0.2) is 0 Å². The average molecular weight is 677 g/mol. The van der Waals surface area contributed by atoms with Crippen LogP contribution in [-0.4, -0.2) is 0 Å². The van der Waals surface area contributed by atoms with E-state index in [9.17, 15) is 0 Å². The molecule has 9 aromatic carbocycles. The second kappa shape index (κ2) is 11.8. The van der Waals surface area contributed by atoms with Crippen LogP contribution >= 0.6 is 15.9 Å². The number of hydrogen-bond donors (Lipinski definition) is 0. The van der Waals surface area contributed by atoms with E-state index in [0.29, 0.717) is 0 Å². The molecule has 0 radical (unpaired) electrons. The first-order chi connectivity index (χ1) is 23.7. The Balaban J connectivity index is 1.18. The van der Waals surface area contributed by atoms with Crippen LogP contribution in [0, 0.1) is 0 Å². The van der Waals surface area contributed by atoms with Gasteiger partial charge >= 0.3 is 0 Å². The Labute approximate surface area is 288 Å². The fraction of sp³-hybridized carbons (Fsp3) is 0. The summed E-state index contributed by atoms with van der Waals surface area (Å²) in [6.07, 6.45) is 0. The predicted molar refractivity (Wildman–Crippen MR) is 209 cm³/mol. The van der Waals surface area contributed by atoms with Gasteiger partial charge in [-0.15, -0.1) is 0 Å². The molecule has 0 saturated heterocycles. The van der Waals surface area contributed by atoms with Crippen LogP contribution in [0.2, 0.25) is 0 Å². The van der Waals surface area contributed by atoms with Crippen molar-refractivity contribution in [3.63, 3.8) is 0 Å². The summed E-state index contributed by atoms with van der Waals surface area (Å²) in [7, 11) is 0. The third-order valence-corrected chi connectivity index (χ3v) is 10.2. The molecule has 0 N–H and O–H groups in total. The molecule has 0 bridgehead atoms. The molecule has 9 rings (SSSR count). The molecule has 0 aliphatic carbocycles. The molecule has 0 spiro atoms. The predicted octanol–water partition coefficient (Wildman–Crippen LogP) is 13.8. The summed E-state index contributed by atoms with van der Waals surface area (Å²) in [5, 5.41) is 7.71. The first kappa shape index (κ1) is 28.5. The van der Waals surface area contributed by atoms with Gasteiger partial charge in [-0.1, -0.05) is 162 Å². The molecular weight excluding hydrogens is 646 g/mol. The maximum absolute atomic E-state index is 3.80. The van der Waals surface area contributed by atoms with Crippen molar-refractivity contribution in [2.75, 3.05) is 4.90 Å². The summed E-state index contributed by atoms with van der Waals surface area (Å²) in [5.41, 5.74) is 10.6. The van der Waals surface area contributed by atoms with Crippen molar-refractivity contribution < 1.29 is 0 Å². The number of benzene rings is 9. The van der Waals surface area contributed by atoms with Gasteiger partial charge in [-0.3, -0.25) is 0 Å². The smallest absolute Gasteiger partial charge is 0.0540 e. The zero-order chi connectivity index (χ0) is 32.0.